The minimum atomic E-state index is -0.639. The normalized spacial score (nSPS) is 28.4. The fourth-order valence-electron chi connectivity index (χ4n) is 7.88. The molecule has 5 aliphatic rings. The Morgan fingerprint density at radius 3 is 1.95 bits per heavy atom. The lowest BCUT2D eigenvalue weighted by molar-refractivity contribution is -0.137. The van der Waals surface area contributed by atoms with E-state index in [1.54, 1.807) is 13.2 Å². The van der Waals surface area contributed by atoms with Crippen molar-refractivity contribution in [3.63, 3.8) is 0 Å². The van der Waals surface area contributed by atoms with Gasteiger partial charge < -0.3 is 23.8 Å². The first-order valence-corrected chi connectivity index (χ1v) is 13.5. The predicted octanol–water partition coefficient (Wildman–Crippen LogP) is 5.21. The fourth-order valence-corrected chi connectivity index (χ4v) is 7.88. The molecule has 1 aromatic rings. The van der Waals surface area contributed by atoms with Crippen molar-refractivity contribution in [2.45, 2.75) is 57.8 Å². The smallest absolute Gasteiger partial charge is 0.336 e. The van der Waals surface area contributed by atoms with Crippen LogP contribution in [-0.2, 0) is 19.1 Å². The van der Waals surface area contributed by atoms with E-state index in [2.05, 4.69) is 0 Å². The van der Waals surface area contributed by atoms with E-state index in [1.165, 1.54) is 52.7 Å². The lowest BCUT2D eigenvalue weighted by Crippen LogP contribution is -2.47. The summed E-state index contributed by atoms with van der Waals surface area (Å²) in [5, 5.41) is 0. The molecule has 0 radical (unpaired) electrons. The first kappa shape index (κ1) is 25.7. The topological polar surface area (TPSA) is 74.3 Å². The number of rotatable bonds is 9. The van der Waals surface area contributed by atoms with Crippen molar-refractivity contribution in [1.29, 1.82) is 0 Å². The molecule has 4 fully saturated rings. The molecule has 7 nitrogen and oxygen atoms in total. The third-order valence-corrected chi connectivity index (χ3v) is 8.96. The molecule has 37 heavy (non-hydrogen) atoms. The number of esters is 2. The van der Waals surface area contributed by atoms with Crippen molar-refractivity contribution >= 4 is 11.9 Å². The Morgan fingerprint density at radius 1 is 0.892 bits per heavy atom. The van der Waals surface area contributed by atoms with Gasteiger partial charge in [0, 0.05) is 18.9 Å². The van der Waals surface area contributed by atoms with Crippen molar-refractivity contribution < 1.29 is 28.5 Å². The summed E-state index contributed by atoms with van der Waals surface area (Å²) in [6.45, 7) is 3.16. The molecule has 1 heterocycles. The van der Waals surface area contributed by atoms with Gasteiger partial charge in [-0.15, -0.1) is 0 Å². The van der Waals surface area contributed by atoms with Crippen LogP contribution in [0.5, 0.6) is 11.5 Å². The fraction of sp³-hybridized carbons (Fsp3) is 0.600. The van der Waals surface area contributed by atoms with Crippen LogP contribution < -0.4 is 9.47 Å². The minimum Gasteiger partial charge on any atom is -0.493 e. The number of nitrogens with zero attached hydrogens (tertiary/aromatic N) is 1. The second-order valence-corrected chi connectivity index (χ2v) is 11.3. The van der Waals surface area contributed by atoms with Crippen molar-refractivity contribution in [1.82, 2.24) is 4.90 Å². The third-order valence-electron chi connectivity index (χ3n) is 8.96. The van der Waals surface area contributed by atoms with Gasteiger partial charge in [0.25, 0.3) is 0 Å². The number of hydrogen-bond acceptors (Lipinski definition) is 7. The van der Waals surface area contributed by atoms with Crippen LogP contribution >= 0.6 is 0 Å². The number of ether oxygens (including phenoxy) is 4. The number of carbonyl (C=O) groups is 2. The standard InChI is InChI=1S/C30H39NO6/c1-5-37-25-7-6-22(13-26(25)34-2)27-23(28(32)35-3)17-31(18-24(27)29(33)36-4)9-8-30-14-19-10-20(15-30)12-21(11-19)16-30/h6-7,13,17-21,27H,5,8-12,14-16H2,1-4H3. The molecular formula is C30H39NO6. The maximum absolute atomic E-state index is 13.1. The van der Waals surface area contributed by atoms with Crippen molar-refractivity contribution in [3.05, 3.63) is 47.3 Å². The summed E-state index contributed by atoms with van der Waals surface area (Å²) in [5.74, 6) is 2.22. The van der Waals surface area contributed by atoms with E-state index in [9.17, 15) is 9.59 Å². The molecule has 0 saturated heterocycles. The van der Waals surface area contributed by atoms with Crippen molar-refractivity contribution in [3.8, 4) is 11.5 Å². The molecule has 0 atom stereocenters. The van der Waals surface area contributed by atoms with Crippen LogP contribution in [0.2, 0.25) is 0 Å². The second kappa shape index (κ2) is 10.4. The summed E-state index contributed by atoms with van der Waals surface area (Å²) in [6, 6.07) is 5.48. The molecule has 1 aromatic carbocycles. The molecule has 200 valence electrons. The Balaban J connectivity index is 1.45. The van der Waals surface area contributed by atoms with Crippen molar-refractivity contribution in [2.24, 2.45) is 23.2 Å². The van der Waals surface area contributed by atoms with Crippen LogP contribution in [0.3, 0.4) is 0 Å². The van der Waals surface area contributed by atoms with Gasteiger partial charge in [0.15, 0.2) is 11.5 Å². The van der Waals surface area contributed by atoms with Gasteiger partial charge in [-0.25, -0.2) is 9.59 Å². The van der Waals surface area contributed by atoms with Crippen LogP contribution in [0.15, 0.2) is 41.7 Å². The Labute approximate surface area is 219 Å². The quantitative estimate of drug-likeness (QED) is 0.423. The molecule has 1 aliphatic heterocycles. The van der Waals surface area contributed by atoms with E-state index in [0.717, 1.165) is 36.3 Å². The molecular weight excluding hydrogens is 470 g/mol. The maximum Gasteiger partial charge on any atom is 0.336 e. The van der Waals surface area contributed by atoms with Crippen LogP contribution in [0.4, 0.5) is 0 Å². The van der Waals surface area contributed by atoms with E-state index in [-0.39, 0.29) is 0 Å². The van der Waals surface area contributed by atoms with E-state index in [1.807, 2.05) is 36.4 Å². The lowest BCUT2D eigenvalue weighted by Gasteiger charge is -2.57. The van der Waals surface area contributed by atoms with E-state index < -0.39 is 17.9 Å². The van der Waals surface area contributed by atoms with Gasteiger partial charge >= 0.3 is 11.9 Å². The summed E-state index contributed by atoms with van der Waals surface area (Å²) < 4.78 is 21.6. The highest BCUT2D eigenvalue weighted by molar-refractivity contribution is 5.98. The van der Waals surface area contributed by atoms with Gasteiger partial charge in [0.05, 0.1) is 45.0 Å². The Bertz CT molecular complexity index is 1040. The Kier molecular flexibility index (Phi) is 7.24. The Hall–Kier alpha value is -2.96. The summed E-state index contributed by atoms with van der Waals surface area (Å²) in [4.78, 5) is 28.1. The van der Waals surface area contributed by atoms with Crippen LogP contribution in [-0.4, -0.2) is 51.3 Å². The summed E-state index contributed by atoms with van der Waals surface area (Å²) in [6.07, 6.45) is 13.0. The molecule has 0 aromatic heterocycles. The number of hydrogen-bond donors (Lipinski definition) is 0. The number of carbonyl (C=O) groups excluding carboxylic acids is 2. The average molecular weight is 510 g/mol. The van der Waals surface area contributed by atoms with E-state index in [0.29, 0.717) is 34.7 Å². The predicted molar refractivity (Wildman–Crippen MR) is 139 cm³/mol. The molecule has 7 heteroatoms. The molecule has 0 N–H and O–H groups in total. The van der Waals surface area contributed by atoms with Gasteiger partial charge in [-0.3, -0.25) is 0 Å². The van der Waals surface area contributed by atoms with Crippen LogP contribution in [0, 0.1) is 23.2 Å². The van der Waals surface area contributed by atoms with E-state index in [4.69, 9.17) is 18.9 Å². The van der Waals surface area contributed by atoms with E-state index >= 15 is 0 Å². The second-order valence-electron chi connectivity index (χ2n) is 11.3. The highest BCUT2D eigenvalue weighted by atomic mass is 16.5. The summed E-state index contributed by atoms with van der Waals surface area (Å²) in [5.41, 5.74) is 1.94. The first-order chi connectivity index (χ1) is 17.9. The van der Waals surface area contributed by atoms with Gasteiger partial charge in [-0.2, -0.15) is 0 Å². The summed E-state index contributed by atoms with van der Waals surface area (Å²) in [7, 11) is 4.31. The lowest BCUT2D eigenvalue weighted by atomic mass is 9.49. The van der Waals surface area contributed by atoms with Gasteiger partial charge in [-0.1, -0.05) is 6.07 Å². The molecule has 6 rings (SSSR count). The minimum absolute atomic E-state index is 0.395. The third kappa shape index (κ3) is 4.97. The van der Waals surface area contributed by atoms with Gasteiger partial charge in [0.2, 0.25) is 0 Å². The molecule has 4 saturated carbocycles. The molecule has 0 spiro atoms. The van der Waals surface area contributed by atoms with Crippen LogP contribution in [0.25, 0.3) is 0 Å². The number of methoxy groups -OCH3 is 3. The monoisotopic (exact) mass is 509 g/mol. The summed E-state index contributed by atoms with van der Waals surface area (Å²) >= 11 is 0. The maximum atomic E-state index is 13.1. The first-order valence-electron chi connectivity index (χ1n) is 13.5. The molecule has 0 unspecified atom stereocenters. The van der Waals surface area contributed by atoms with Gasteiger partial charge in [0.1, 0.15) is 0 Å². The largest absolute Gasteiger partial charge is 0.493 e. The molecule has 0 amide bonds. The average Bonchev–Trinajstić information content (AvgIpc) is 2.90. The zero-order chi connectivity index (χ0) is 26.2. The highest BCUT2D eigenvalue weighted by Gasteiger charge is 2.50. The molecule has 4 aliphatic carbocycles. The zero-order valence-corrected chi connectivity index (χ0v) is 22.5. The van der Waals surface area contributed by atoms with Gasteiger partial charge in [-0.05, 0) is 92.7 Å². The van der Waals surface area contributed by atoms with Crippen molar-refractivity contribution in [2.75, 3.05) is 34.5 Å². The zero-order valence-electron chi connectivity index (χ0n) is 22.5. The SMILES string of the molecule is CCOc1ccc(C2C(C(=O)OC)=CN(CCC34CC5CC(CC(C5)C3)C4)C=C2C(=O)OC)cc1OC. The number of benzene rings is 1. The Morgan fingerprint density at radius 2 is 1.46 bits per heavy atom. The highest BCUT2D eigenvalue weighted by Crippen LogP contribution is 2.61. The molecule has 4 bridgehead atoms. The van der Waals surface area contributed by atoms with Crippen LogP contribution in [0.1, 0.15) is 63.4 Å².